The molecule has 0 N–H and O–H groups in total. The Labute approximate surface area is 405 Å². The smallest absolute Gasteiger partial charge is 1.00 e. The standard InChI is InChI=1S/C48H81Si7.3ClH.Ti/c1-32-26-39(49(8,9)10)29-42(45(32)52(17,18)19)55(48-37(6)35(4)36(5)38(48)7,43-30-40(50(11,12)13)27-33(2)46(43)53(20,21)22)44-31-41(51(14,15)16)28-34(3)47(44)54(23,24)25;;;;/h26-31H,1-25H3;3*1H;/q-1;;;;+4/p-3. The van der Waals surface area contributed by atoms with E-state index in [0.29, 0.717) is 0 Å². The van der Waals surface area contributed by atoms with Crippen LogP contribution in [-0.2, 0) is 21.7 Å². The number of hydrogen-bond acceptors (Lipinski definition) is 0. The van der Waals surface area contributed by atoms with E-state index >= 15 is 0 Å². The Morgan fingerprint density at radius 1 is 0.322 bits per heavy atom. The molecular weight excluding hydrogens is 927 g/mol. The Kier molecular flexibility index (Phi) is 19.3. The van der Waals surface area contributed by atoms with Crippen LogP contribution in [0.3, 0.4) is 0 Å². The molecule has 0 saturated heterocycles. The predicted octanol–water partition coefficient (Wildman–Crippen LogP) is -0.777. The number of hydrogen-bond donors (Lipinski definition) is 0. The summed E-state index contributed by atoms with van der Waals surface area (Å²) in [5.41, 5.74) is 10.8. The van der Waals surface area contributed by atoms with Gasteiger partial charge < -0.3 is 37.2 Å². The quantitative estimate of drug-likeness (QED) is 0.111. The second-order valence-electron chi connectivity index (χ2n) is 23.8. The van der Waals surface area contributed by atoms with Gasteiger partial charge in [-0.25, -0.2) is 0 Å². The first-order chi connectivity index (χ1) is 24.5. The summed E-state index contributed by atoms with van der Waals surface area (Å²) in [6.07, 6.45) is 0. The molecule has 0 spiro atoms. The third kappa shape index (κ3) is 11.1. The molecule has 0 aliphatic rings. The van der Waals surface area contributed by atoms with Crippen LogP contribution in [0.2, 0.25) is 118 Å². The van der Waals surface area contributed by atoms with Gasteiger partial charge in [-0.2, -0.15) is 22.3 Å². The molecule has 59 heavy (non-hydrogen) atoms. The van der Waals surface area contributed by atoms with Crippen LogP contribution >= 0.6 is 0 Å². The average Bonchev–Trinajstić information content (AvgIpc) is 3.16. The van der Waals surface area contributed by atoms with Crippen LogP contribution in [-0.4, -0.2) is 56.5 Å². The first kappa shape index (κ1) is 59.1. The Morgan fingerprint density at radius 2 is 0.525 bits per heavy atom. The van der Waals surface area contributed by atoms with Crippen LogP contribution in [0.1, 0.15) is 38.9 Å². The summed E-state index contributed by atoms with van der Waals surface area (Å²) in [5.74, 6) is 0. The fourth-order valence-electron chi connectivity index (χ4n) is 10.2. The van der Waals surface area contributed by atoms with Gasteiger partial charge in [-0.3, -0.25) is 0 Å². The van der Waals surface area contributed by atoms with Gasteiger partial charge >= 0.3 is 21.7 Å². The predicted molar refractivity (Wildman–Crippen MR) is 277 cm³/mol. The molecule has 0 fully saturated rings. The zero-order chi connectivity index (χ0) is 42.6. The van der Waals surface area contributed by atoms with Gasteiger partial charge in [-0.05, 0) is 20.8 Å². The van der Waals surface area contributed by atoms with Crippen LogP contribution in [0, 0.1) is 48.5 Å². The fraction of sp³-hybridized carbons (Fsp3) is 0.521. The molecule has 4 aromatic carbocycles. The van der Waals surface area contributed by atoms with Crippen LogP contribution in [0.25, 0.3) is 0 Å². The third-order valence-electron chi connectivity index (χ3n) is 12.9. The molecule has 4 rings (SSSR count). The molecule has 0 aliphatic carbocycles. The van der Waals surface area contributed by atoms with Crippen molar-refractivity contribution in [2.24, 2.45) is 0 Å². The molecule has 0 amide bonds. The molecule has 0 nitrogen and oxygen atoms in total. The van der Waals surface area contributed by atoms with Crippen LogP contribution in [0.15, 0.2) is 36.4 Å². The summed E-state index contributed by atoms with van der Waals surface area (Å²) in [6.45, 7) is 64.6. The number of halogens is 3. The van der Waals surface area contributed by atoms with Crippen molar-refractivity contribution in [3.63, 3.8) is 0 Å². The van der Waals surface area contributed by atoms with E-state index in [-0.39, 0.29) is 58.9 Å². The Hall–Kier alpha value is 0.112. The van der Waals surface area contributed by atoms with Crippen LogP contribution < -0.4 is 89.1 Å². The molecule has 0 heterocycles. The van der Waals surface area contributed by atoms with E-state index in [4.69, 9.17) is 0 Å². The summed E-state index contributed by atoms with van der Waals surface area (Å²) in [5, 5.41) is 17.1. The summed E-state index contributed by atoms with van der Waals surface area (Å²) in [6, 6.07) is 16.7. The van der Waals surface area contributed by atoms with E-state index in [1.165, 1.54) is 11.1 Å². The van der Waals surface area contributed by atoms with E-state index in [0.717, 1.165) is 0 Å². The van der Waals surface area contributed by atoms with Crippen molar-refractivity contribution >= 4 is 108 Å². The zero-order valence-electron chi connectivity index (χ0n) is 42.1. The molecule has 0 aromatic heterocycles. The van der Waals surface area contributed by atoms with Gasteiger partial charge in [0.1, 0.15) is 8.07 Å². The monoisotopic (exact) mass is 1010 g/mol. The summed E-state index contributed by atoms with van der Waals surface area (Å²) in [7, 11) is -14.1. The van der Waals surface area contributed by atoms with Gasteiger partial charge in [0, 0.05) is 0 Å². The van der Waals surface area contributed by atoms with Crippen molar-refractivity contribution in [3.05, 3.63) is 75.3 Å². The van der Waals surface area contributed by atoms with Crippen molar-refractivity contribution < 1.29 is 58.9 Å². The van der Waals surface area contributed by atoms with Crippen molar-refractivity contribution in [1.82, 2.24) is 0 Å². The normalized spacial score (nSPS) is 13.0. The van der Waals surface area contributed by atoms with Gasteiger partial charge in [-0.15, -0.1) is 5.19 Å². The second-order valence-corrected chi connectivity index (χ2v) is 57.6. The van der Waals surface area contributed by atoms with Gasteiger partial charge in [0.15, 0.2) is 0 Å². The van der Waals surface area contributed by atoms with Gasteiger partial charge in [-0.1, -0.05) is 245 Å². The first-order valence-electron chi connectivity index (χ1n) is 21.2. The number of rotatable bonds is 10. The van der Waals surface area contributed by atoms with Gasteiger partial charge in [0.2, 0.25) is 0 Å². The Bertz CT molecular complexity index is 1920. The van der Waals surface area contributed by atoms with E-state index in [1.54, 1.807) is 79.7 Å². The minimum absolute atomic E-state index is 0. The zero-order valence-corrected chi connectivity index (χ0v) is 52.9. The second kappa shape index (κ2) is 19.3. The maximum Gasteiger partial charge on any atom is 4.00 e. The van der Waals surface area contributed by atoms with E-state index in [1.807, 2.05) is 0 Å². The van der Waals surface area contributed by atoms with Crippen LogP contribution in [0.5, 0.6) is 0 Å². The molecule has 0 saturated carbocycles. The molecule has 4 aromatic rings. The van der Waals surface area contributed by atoms with E-state index in [9.17, 15) is 0 Å². The molecule has 0 unspecified atom stereocenters. The maximum atomic E-state index is 2.89. The SMILES string of the molecule is Cc1cc([Si](C)(C)C)cc([Si](c2cc([Si](C)(C)C)cc(C)c2[Si](C)(C)C)(c2cc([Si](C)(C)C)cc(C)c2[Si](C)(C)C)[c-]2c(C)c(C)c(C)c2C)c1[Si](C)(C)C.[Cl-].[Cl-].[Cl-].[Ti+4]. The average molecular weight is 1010 g/mol. The molecule has 0 atom stereocenters. The molecule has 0 aliphatic heterocycles. The van der Waals surface area contributed by atoms with Crippen molar-refractivity contribution in [2.75, 3.05) is 0 Å². The van der Waals surface area contributed by atoms with Gasteiger partial charge in [0.25, 0.3) is 0 Å². The van der Waals surface area contributed by atoms with Gasteiger partial charge in [0.05, 0.1) is 48.4 Å². The molecule has 11 heteroatoms. The van der Waals surface area contributed by atoms with Crippen molar-refractivity contribution in [3.8, 4) is 0 Å². The van der Waals surface area contributed by atoms with Crippen molar-refractivity contribution in [1.29, 1.82) is 0 Å². The summed E-state index contributed by atoms with van der Waals surface area (Å²) in [4.78, 5) is 0. The fourth-order valence-corrected chi connectivity index (χ4v) is 31.7. The Morgan fingerprint density at radius 3 is 0.695 bits per heavy atom. The molecule has 0 radical (unpaired) electrons. The summed E-state index contributed by atoms with van der Waals surface area (Å²) < 4.78 is 0. The first-order valence-corrected chi connectivity index (χ1v) is 44.2. The molecular formula is C48H81Cl3Si7Ti. The maximum absolute atomic E-state index is 3.12. The Balaban J connectivity index is 0.00000841. The summed E-state index contributed by atoms with van der Waals surface area (Å²) >= 11 is 0. The molecule has 326 valence electrons. The van der Waals surface area contributed by atoms with Crippen LogP contribution in [0.4, 0.5) is 0 Å². The van der Waals surface area contributed by atoms with E-state index in [2.05, 4.69) is 203 Å². The number of aryl methyl sites for hydroxylation is 3. The minimum Gasteiger partial charge on any atom is -1.00 e. The number of benzene rings is 3. The molecule has 0 bridgehead atoms. The minimum atomic E-state index is -3.12. The largest absolute Gasteiger partial charge is 4.00 e. The van der Waals surface area contributed by atoms with Crippen molar-refractivity contribution in [2.45, 2.75) is 166 Å². The third-order valence-corrected chi connectivity index (χ3v) is 31.3. The van der Waals surface area contributed by atoms with E-state index < -0.39 is 56.5 Å². The topological polar surface area (TPSA) is 0 Å².